The van der Waals surface area contributed by atoms with Crippen LogP contribution in [-0.2, 0) is 14.8 Å². The molecule has 1 heterocycles. The van der Waals surface area contributed by atoms with Crippen molar-refractivity contribution in [2.45, 2.75) is 43.5 Å². The molecule has 0 aliphatic carbocycles. The average Bonchev–Trinajstić information content (AvgIpc) is 2.72. The van der Waals surface area contributed by atoms with Crippen LogP contribution in [0.25, 0.3) is 0 Å². The van der Waals surface area contributed by atoms with Crippen LogP contribution in [-0.4, -0.2) is 46.0 Å². The summed E-state index contributed by atoms with van der Waals surface area (Å²) in [4.78, 5) is 11.8. The van der Waals surface area contributed by atoms with Gasteiger partial charge in [0.2, 0.25) is 5.60 Å². The molecule has 0 radical (unpaired) electrons. The second kappa shape index (κ2) is 8.85. The molecule has 2 aromatic rings. The highest BCUT2D eigenvalue weighted by Crippen LogP contribution is 2.40. The fourth-order valence-corrected chi connectivity index (χ4v) is 4.62. The van der Waals surface area contributed by atoms with E-state index in [0.29, 0.717) is 13.8 Å². The number of alkyl halides is 3. The molecular weight excluding hydrogens is 484 g/mol. The van der Waals surface area contributed by atoms with Crippen LogP contribution in [0.15, 0.2) is 41.3 Å². The van der Waals surface area contributed by atoms with E-state index in [1.165, 1.54) is 25.3 Å². The molecule has 0 spiro atoms. The molecule has 34 heavy (non-hydrogen) atoms. The predicted molar refractivity (Wildman–Crippen MR) is 116 cm³/mol. The van der Waals surface area contributed by atoms with Crippen LogP contribution in [0.3, 0.4) is 0 Å². The Hall–Kier alpha value is -3.22. The van der Waals surface area contributed by atoms with Crippen molar-refractivity contribution in [3.05, 3.63) is 42.2 Å². The number of halogens is 4. The first-order valence-electron chi connectivity index (χ1n) is 9.89. The number of fused-ring (bicyclic) bond motifs is 1. The fraction of sp³-hybridized carbons (Fsp3) is 0.381. The van der Waals surface area contributed by atoms with Crippen molar-refractivity contribution < 1.29 is 46.4 Å². The molecular formula is C21H24F4N2O6S. The minimum atomic E-state index is -4.80. The number of ether oxygens (including phenoxy) is 3. The van der Waals surface area contributed by atoms with E-state index in [-0.39, 0.29) is 35.7 Å². The molecule has 0 bridgehead atoms. The molecule has 1 amide bonds. The van der Waals surface area contributed by atoms with Gasteiger partial charge in [0.15, 0.2) is 11.6 Å². The molecule has 0 saturated carbocycles. The molecule has 188 valence electrons. The summed E-state index contributed by atoms with van der Waals surface area (Å²) < 4.78 is 95.5. The normalized spacial score (nSPS) is 16.4. The third-order valence-corrected chi connectivity index (χ3v) is 6.74. The third-order valence-electron chi connectivity index (χ3n) is 4.97. The van der Waals surface area contributed by atoms with Crippen molar-refractivity contribution in [2.24, 2.45) is 0 Å². The topological polar surface area (TPSA) is 94.2 Å². The number of benzene rings is 2. The van der Waals surface area contributed by atoms with Crippen LogP contribution >= 0.6 is 0 Å². The Morgan fingerprint density at radius 2 is 1.88 bits per heavy atom. The van der Waals surface area contributed by atoms with Gasteiger partial charge in [0.25, 0.3) is 10.0 Å². The number of amides is 1. The van der Waals surface area contributed by atoms with Crippen molar-refractivity contribution in [3.63, 3.8) is 0 Å². The maximum absolute atomic E-state index is 13.8. The summed E-state index contributed by atoms with van der Waals surface area (Å²) in [5.74, 6) is -0.858. The Bertz CT molecular complexity index is 1210. The van der Waals surface area contributed by atoms with Crippen LogP contribution in [0, 0.1) is 5.82 Å². The van der Waals surface area contributed by atoms with Gasteiger partial charge in [-0.15, -0.1) is 0 Å². The number of methoxy groups -OCH3 is 1. The van der Waals surface area contributed by atoms with E-state index in [9.17, 15) is 30.8 Å². The van der Waals surface area contributed by atoms with Gasteiger partial charge in [-0.2, -0.15) is 13.2 Å². The fourth-order valence-electron chi connectivity index (χ4n) is 3.06. The van der Waals surface area contributed by atoms with Gasteiger partial charge in [-0.3, -0.25) is 9.62 Å². The number of carbonyl (C=O) groups excluding carboxylic acids is 1. The van der Waals surface area contributed by atoms with Gasteiger partial charge in [-0.05, 0) is 51.1 Å². The molecule has 1 aliphatic rings. The number of anilines is 2. The SMILES string of the molecule is COc1cc(S(=O)(=O)N2C[C@H](C)Oc3ccc(NC(=O)OC(C)(C)C(F)(F)F)cc32)ccc1F.[HH]. The number of rotatable bonds is 5. The van der Waals surface area contributed by atoms with Gasteiger partial charge in [-0.1, -0.05) is 0 Å². The summed E-state index contributed by atoms with van der Waals surface area (Å²) in [5, 5.41) is 2.16. The van der Waals surface area contributed by atoms with Crippen LogP contribution < -0.4 is 19.1 Å². The largest absolute Gasteiger partial charge is 0.494 e. The summed E-state index contributed by atoms with van der Waals surface area (Å²) in [5.41, 5.74) is -2.76. The Labute approximate surface area is 194 Å². The molecule has 3 rings (SSSR count). The summed E-state index contributed by atoms with van der Waals surface area (Å²) in [6.07, 6.45) is -6.74. The van der Waals surface area contributed by atoms with Gasteiger partial charge in [-0.25, -0.2) is 17.6 Å². The van der Waals surface area contributed by atoms with Gasteiger partial charge in [0.1, 0.15) is 11.9 Å². The number of hydrogen-bond acceptors (Lipinski definition) is 6. The van der Waals surface area contributed by atoms with Crippen LogP contribution in [0.5, 0.6) is 11.5 Å². The first kappa shape index (κ1) is 25.4. The van der Waals surface area contributed by atoms with Crippen molar-refractivity contribution >= 4 is 27.5 Å². The van der Waals surface area contributed by atoms with E-state index in [4.69, 9.17) is 9.47 Å². The molecule has 0 aromatic heterocycles. The van der Waals surface area contributed by atoms with E-state index in [0.717, 1.165) is 22.5 Å². The zero-order valence-electron chi connectivity index (χ0n) is 18.6. The smallest absolute Gasteiger partial charge is 0.427 e. The maximum atomic E-state index is 13.8. The minimum absolute atomic E-state index is 0. The van der Waals surface area contributed by atoms with Crippen molar-refractivity contribution in [1.82, 2.24) is 0 Å². The quantitative estimate of drug-likeness (QED) is 0.575. The van der Waals surface area contributed by atoms with Crippen molar-refractivity contribution in [1.29, 1.82) is 0 Å². The zero-order chi connectivity index (χ0) is 25.5. The molecule has 0 unspecified atom stereocenters. The molecule has 1 N–H and O–H groups in total. The number of hydrogen-bond donors (Lipinski definition) is 1. The number of sulfonamides is 1. The van der Waals surface area contributed by atoms with Gasteiger partial charge in [0.05, 0.1) is 24.2 Å². The zero-order valence-corrected chi connectivity index (χ0v) is 19.4. The van der Waals surface area contributed by atoms with E-state index in [1.807, 2.05) is 0 Å². The summed E-state index contributed by atoms with van der Waals surface area (Å²) in [7, 11) is -3.04. The van der Waals surface area contributed by atoms with Crippen molar-refractivity contribution in [2.75, 3.05) is 23.3 Å². The molecule has 1 aliphatic heterocycles. The average molecular weight is 508 g/mol. The molecule has 0 fully saturated rings. The monoisotopic (exact) mass is 508 g/mol. The summed E-state index contributed by atoms with van der Waals surface area (Å²) in [6.45, 7) is 2.91. The lowest BCUT2D eigenvalue weighted by molar-refractivity contribution is -0.242. The van der Waals surface area contributed by atoms with E-state index in [2.05, 4.69) is 10.1 Å². The number of carbonyl (C=O) groups is 1. The third kappa shape index (κ3) is 4.98. The lowest BCUT2D eigenvalue weighted by Crippen LogP contribution is -2.44. The Morgan fingerprint density at radius 1 is 1.21 bits per heavy atom. The van der Waals surface area contributed by atoms with E-state index >= 15 is 0 Å². The molecule has 8 nitrogen and oxygen atoms in total. The van der Waals surface area contributed by atoms with Gasteiger partial charge < -0.3 is 14.2 Å². The lowest BCUT2D eigenvalue weighted by atomic mass is 10.1. The number of nitrogens with zero attached hydrogens (tertiary/aromatic N) is 1. The standard InChI is InChI=1S/C21H22F4N2O6S.H2/c1-12-11-27(34(29,30)14-6-7-15(22)18(10-14)31-4)16-9-13(5-8-17(16)32-12)26-19(28)33-20(2,3)21(23,24)25;/h5-10,12H,11H2,1-4H3,(H,26,28);1H/t12-;/m0./s1. The molecule has 1 atom stereocenters. The maximum Gasteiger partial charge on any atom is 0.427 e. The Balaban J connectivity index is 0.00000432. The lowest BCUT2D eigenvalue weighted by Gasteiger charge is -2.34. The van der Waals surface area contributed by atoms with Gasteiger partial charge >= 0.3 is 12.3 Å². The molecule has 13 heteroatoms. The van der Waals surface area contributed by atoms with Crippen LogP contribution in [0.2, 0.25) is 0 Å². The second-order valence-electron chi connectivity index (χ2n) is 7.97. The van der Waals surface area contributed by atoms with Crippen molar-refractivity contribution in [3.8, 4) is 11.5 Å². The molecule has 0 saturated heterocycles. The van der Waals surface area contributed by atoms with E-state index < -0.39 is 39.8 Å². The Kier molecular flexibility index (Phi) is 6.62. The Morgan fingerprint density at radius 3 is 2.50 bits per heavy atom. The minimum Gasteiger partial charge on any atom is -0.494 e. The first-order chi connectivity index (χ1) is 15.7. The summed E-state index contributed by atoms with van der Waals surface area (Å²) >= 11 is 0. The van der Waals surface area contributed by atoms with Crippen LogP contribution in [0.4, 0.5) is 33.7 Å². The van der Waals surface area contributed by atoms with Crippen LogP contribution in [0.1, 0.15) is 22.2 Å². The predicted octanol–water partition coefficient (Wildman–Crippen LogP) is 4.95. The summed E-state index contributed by atoms with van der Waals surface area (Å²) in [6, 6.07) is 6.97. The highest BCUT2D eigenvalue weighted by Gasteiger charge is 2.51. The first-order valence-corrected chi connectivity index (χ1v) is 11.3. The van der Waals surface area contributed by atoms with E-state index in [1.54, 1.807) is 6.92 Å². The highest BCUT2D eigenvalue weighted by molar-refractivity contribution is 7.92. The molecule has 2 aromatic carbocycles. The highest BCUT2D eigenvalue weighted by atomic mass is 32.2. The second-order valence-corrected chi connectivity index (χ2v) is 9.83. The van der Waals surface area contributed by atoms with Gasteiger partial charge in [0, 0.05) is 13.2 Å². The number of nitrogens with one attached hydrogen (secondary N) is 1.